The molecule has 1 aliphatic rings. The quantitative estimate of drug-likeness (QED) is 0.580. The van der Waals surface area contributed by atoms with Crippen LogP contribution in [0.5, 0.6) is 0 Å². The fourth-order valence-electron chi connectivity index (χ4n) is 1.86. The molecule has 0 saturated carbocycles. The molecule has 0 radical (unpaired) electrons. The van der Waals surface area contributed by atoms with E-state index in [1.807, 2.05) is 0 Å². The number of carbonyl (C=O) groups excluding carboxylic acids is 2. The van der Waals surface area contributed by atoms with Crippen molar-refractivity contribution in [2.75, 3.05) is 18.1 Å². The fraction of sp³-hybridized carbons (Fsp3) is 0.333. The van der Waals surface area contributed by atoms with E-state index >= 15 is 0 Å². The second kappa shape index (κ2) is 6.48. The minimum absolute atomic E-state index is 0.170. The number of carbonyl (C=O) groups is 2. The van der Waals surface area contributed by atoms with Crippen LogP contribution in [0.2, 0.25) is 0 Å². The van der Waals surface area contributed by atoms with Crippen molar-refractivity contribution in [3.05, 3.63) is 24.3 Å². The van der Waals surface area contributed by atoms with Gasteiger partial charge in [-0.3, -0.25) is 4.90 Å². The van der Waals surface area contributed by atoms with Crippen molar-refractivity contribution in [3.8, 4) is 0 Å². The average molecular weight is 388 g/mol. The third kappa shape index (κ3) is 4.29. The standard InChI is InChI=1S/C12H9ClF3NO6S/c13-24(20,21)9-3-1-7(2-4-9)17-5-8(23-11(17)19)6-22-10(18)12(14,15)16/h1-4,8H,5-6H2. The highest BCUT2D eigenvalue weighted by Gasteiger charge is 2.42. The Bertz CT molecular complexity index is 749. The van der Waals surface area contributed by atoms with Crippen molar-refractivity contribution >= 4 is 37.5 Å². The topological polar surface area (TPSA) is 90.0 Å². The Morgan fingerprint density at radius 3 is 2.42 bits per heavy atom. The monoisotopic (exact) mass is 387 g/mol. The van der Waals surface area contributed by atoms with Crippen molar-refractivity contribution in [1.29, 1.82) is 0 Å². The third-order valence-corrected chi connectivity index (χ3v) is 4.31. The molecule has 1 aromatic carbocycles. The number of amides is 1. The van der Waals surface area contributed by atoms with E-state index in [4.69, 9.17) is 15.4 Å². The van der Waals surface area contributed by atoms with Gasteiger partial charge in [0.15, 0.2) is 6.10 Å². The first-order valence-corrected chi connectivity index (χ1v) is 8.56. The normalized spacial score (nSPS) is 18.4. The molecule has 0 bridgehead atoms. The Labute approximate surface area is 138 Å². The van der Waals surface area contributed by atoms with Gasteiger partial charge >= 0.3 is 18.2 Å². The molecule has 0 aromatic heterocycles. The number of nitrogens with zero attached hydrogens (tertiary/aromatic N) is 1. The summed E-state index contributed by atoms with van der Waals surface area (Å²) in [5, 5.41) is 0. The minimum atomic E-state index is -5.13. The maximum atomic E-state index is 12.0. The maximum Gasteiger partial charge on any atom is 0.490 e. The summed E-state index contributed by atoms with van der Waals surface area (Å²) in [5.41, 5.74) is 0.244. The second-order valence-electron chi connectivity index (χ2n) is 4.64. The largest absolute Gasteiger partial charge is 0.490 e. The van der Waals surface area contributed by atoms with Gasteiger partial charge in [-0.1, -0.05) is 0 Å². The van der Waals surface area contributed by atoms with Crippen molar-refractivity contribution in [2.45, 2.75) is 17.2 Å². The lowest BCUT2D eigenvalue weighted by Gasteiger charge is -2.13. The smallest absolute Gasteiger partial charge is 0.455 e. The van der Waals surface area contributed by atoms with E-state index in [-0.39, 0.29) is 17.1 Å². The summed E-state index contributed by atoms with van der Waals surface area (Å²) in [6, 6.07) is 4.87. The van der Waals surface area contributed by atoms with Gasteiger partial charge in [0.05, 0.1) is 11.4 Å². The summed E-state index contributed by atoms with van der Waals surface area (Å²) >= 11 is 0. The Morgan fingerprint density at radius 2 is 1.92 bits per heavy atom. The molecule has 132 valence electrons. The van der Waals surface area contributed by atoms with Gasteiger partial charge in [-0.25, -0.2) is 18.0 Å². The predicted octanol–water partition coefficient (Wildman–Crippen LogP) is 2.04. The molecule has 0 aliphatic carbocycles. The maximum absolute atomic E-state index is 12.0. The average Bonchev–Trinajstić information content (AvgIpc) is 2.84. The van der Waals surface area contributed by atoms with E-state index in [2.05, 4.69) is 4.74 Å². The van der Waals surface area contributed by atoms with Crippen LogP contribution in [-0.2, 0) is 23.3 Å². The van der Waals surface area contributed by atoms with Gasteiger partial charge in [0.25, 0.3) is 9.05 Å². The molecular formula is C12H9ClF3NO6S. The summed E-state index contributed by atoms with van der Waals surface area (Å²) in [6.45, 7) is -0.925. The minimum Gasteiger partial charge on any atom is -0.455 e. The lowest BCUT2D eigenvalue weighted by Crippen LogP contribution is -2.31. The molecule has 2 rings (SSSR count). The van der Waals surface area contributed by atoms with Gasteiger partial charge in [0, 0.05) is 16.4 Å². The van der Waals surface area contributed by atoms with Crippen molar-refractivity contribution in [1.82, 2.24) is 0 Å². The number of benzene rings is 1. The number of anilines is 1. The van der Waals surface area contributed by atoms with Crippen LogP contribution in [0.25, 0.3) is 0 Å². The van der Waals surface area contributed by atoms with E-state index in [0.29, 0.717) is 0 Å². The van der Waals surface area contributed by atoms with E-state index in [1.165, 1.54) is 12.1 Å². The van der Waals surface area contributed by atoms with Crippen molar-refractivity contribution in [3.63, 3.8) is 0 Å². The zero-order valence-corrected chi connectivity index (χ0v) is 13.2. The summed E-state index contributed by atoms with van der Waals surface area (Å²) < 4.78 is 67.1. The van der Waals surface area contributed by atoms with Crippen LogP contribution in [-0.4, -0.2) is 45.9 Å². The third-order valence-electron chi connectivity index (χ3n) is 2.94. The summed E-state index contributed by atoms with van der Waals surface area (Å²) in [7, 11) is 1.23. The SMILES string of the molecule is O=C1OC(COC(=O)C(F)(F)F)CN1c1ccc(S(=O)(=O)Cl)cc1. The van der Waals surface area contributed by atoms with Gasteiger partial charge in [-0.05, 0) is 24.3 Å². The van der Waals surface area contributed by atoms with Gasteiger partial charge in [0.1, 0.15) is 6.61 Å². The fourth-order valence-corrected chi connectivity index (χ4v) is 2.63. The van der Waals surface area contributed by atoms with Gasteiger partial charge in [-0.2, -0.15) is 13.2 Å². The van der Waals surface area contributed by atoms with Crippen LogP contribution in [0.3, 0.4) is 0 Å². The Kier molecular flexibility index (Phi) is 4.95. The highest BCUT2D eigenvalue weighted by Crippen LogP contribution is 2.25. The van der Waals surface area contributed by atoms with Crippen molar-refractivity contribution < 1.29 is 40.7 Å². The number of cyclic esters (lactones) is 1. The second-order valence-corrected chi connectivity index (χ2v) is 7.21. The summed E-state index contributed by atoms with van der Waals surface area (Å²) in [5.74, 6) is -2.38. The van der Waals surface area contributed by atoms with E-state index in [1.54, 1.807) is 0 Å². The molecule has 7 nitrogen and oxygen atoms in total. The van der Waals surface area contributed by atoms with E-state index in [9.17, 15) is 31.2 Å². The molecular weight excluding hydrogens is 379 g/mol. The van der Waals surface area contributed by atoms with Crippen LogP contribution >= 0.6 is 10.7 Å². The first-order chi connectivity index (χ1) is 11.0. The van der Waals surface area contributed by atoms with Gasteiger partial charge in [-0.15, -0.1) is 0 Å². The highest BCUT2D eigenvalue weighted by molar-refractivity contribution is 8.13. The molecule has 12 heteroatoms. The molecule has 0 N–H and O–H groups in total. The molecule has 1 unspecified atom stereocenters. The van der Waals surface area contributed by atoms with Gasteiger partial charge in [0.2, 0.25) is 0 Å². The van der Waals surface area contributed by atoms with E-state index in [0.717, 1.165) is 17.0 Å². The molecule has 1 aromatic rings. The Morgan fingerprint density at radius 1 is 1.33 bits per heavy atom. The molecule has 24 heavy (non-hydrogen) atoms. The van der Waals surface area contributed by atoms with Crippen LogP contribution in [0.15, 0.2) is 29.2 Å². The molecule has 1 saturated heterocycles. The lowest BCUT2D eigenvalue weighted by molar-refractivity contribution is -0.201. The van der Waals surface area contributed by atoms with Gasteiger partial charge < -0.3 is 9.47 Å². The Hall–Kier alpha value is -2.01. The lowest BCUT2D eigenvalue weighted by atomic mass is 10.3. The zero-order chi connectivity index (χ0) is 18.1. The van der Waals surface area contributed by atoms with Crippen LogP contribution in [0.4, 0.5) is 23.7 Å². The number of halogens is 4. The molecule has 0 spiro atoms. The number of hydrogen-bond donors (Lipinski definition) is 0. The molecule has 1 fully saturated rings. The predicted molar refractivity (Wildman–Crippen MR) is 74.1 cm³/mol. The van der Waals surface area contributed by atoms with Crippen molar-refractivity contribution in [2.24, 2.45) is 0 Å². The number of alkyl halides is 3. The van der Waals surface area contributed by atoms with Crippen LogP contribution in [0.1, 0.15) is 0 Å². The van der Waals surface area contributed by atoms with Crippen LogP contribution in [0, 0.1) is 0 Å². The molecule has 1 atom stereocenters. The van der Waals surface area contributed by atoms with E-state index < -0.39 is 40.0 Å². The first-order valence-electron chi connectivity index (χ1n) is 6.25. The molecule has 1 aliphatic heterocycles. The summed E-state index contributed by atoms with van der Waals surface area (Å²) in [6.07, 6.45) is -7.09. The number of esters is 1. The number of ether oxygens (including phenoxy) is 2. The first kappa shape index (κ1) is 18.3. The highest BCUT2D eigenvalue weighted by atomic mass is 35.7. The Balaban J connectivity index is 2.01. The zero-order valence-electron chi connectivity index (χ0n) is 11.6. The molecule has 1 amide bonds. The number of hydrogen-bond acceptors (Lipinski definition) is 6. The summed E-state index contributed by atoms with van der Waals surface area (Å²) in [4.78, 5) is 23.2. The number of rotatable bonds is 4. The molecule has 1 heterocycles. The van der Waals surface area contributed by atoms with Crippen LogP contribution < -0.4 is 4.90 Å².